The second-order valence-electron chi connectivity index (χ2n) is 30.7. The van der Waals surface area contributed by atoms with Crippen LogP contribution in [0.15, 0.2) is 153 Å². The van der Waals surface area contributed by atoms with E-state index in [1.54, 1.807) is 106 Å². The number of hydrogen-bond acceptors (Lipinski definition) is 23. The number of nitrogens with one attached hydrogen (secondary N) is 3. The van der Waals surface area contributed by atoms with Gasteiger partial charge in [-0.1, -0.05) is 12.2 Å². The zero-order valence-corrected chi connectivity index (χ0v) is 66.4. The van der Waals surface area contributed by atoms with E-state index >= 15 is 0 Å². The van der Waals surface area contributed by atoms with E-state index in [9.17, 15) is 19.5 Å². The van der Waals surface area contributed by atoms with Gasteiger partial charge in [0.2, 0.25) is 0 Å². The molecule has 6 fully saturated rings. The molecule has 26 nitrogen and oxygen atoms in total. The first-order valence-electron chi connectivity index (χ1n) is 38.9. The molecule has 3 saturated heterocycles. The number of fused-ring (bicyclic) bond motifs is 6. The zero-order valence-electron chi connectivity index (χ0n) is 66.4. The third-order valence-electron chi connectivity index (χ3n) is 23.4. The molecule has 9 heterocycles. The predicted octanol–water partition coefficient (Wildman–Crippen LogP) is 14.7. The van der Waals surface area contributed by atoms with Crippen LogP contribution in [-0.4, -0.2) is 193 Å². The van der Waals surface area contributed by atoms with Crippen molar-refractivity contribution < 1.29 is 80.1 Å². The molecule has 3 spiro atoms. The fraction of sp³-hybridized carbons (Fsp3) is 0.371. The lowest BCUT2D eigenvalue weighted by Gasteiger charge is -2.17. The molecule has 598 valence electrons. The number of ether oxygens (including phenoxy) is 10. The number of aryl methyl sites for hydroxylation is 3. The van der Waals surface area contributed by atoms with Crippen LogP contribution in [-0.2, 0) is 4.74 Å². The average molecular weight is 1560 g/mol. The van der Waals surface area contributed by atoms with Crippen LogP contribution in [0.2, 0.25) is 0 Å². The zero-order chi connectivity index (χ0) is 80.0. The molecule has 6 aromatic heterocycles. The van der Waals surface area contributed by atoms with Crippen molar-refractivity contribution in [1.82, 2.24) is 45.6 Å². The number of furan rings is 3. The number of aliphatic hydroxyl groups is 1. The molecular weight excluding hydrogens is 1470 g/mol. The van der Waals surface area contributed by atoms with Crippen LogP contribution < -0.4 is 58.6 Å². The van der Waals surface area contributed by atoms with E-state index in [0.717, 1.165) is 109 Å². The largest absolute Gasteiger partial charge is 0.493 e. The molecule has 0 bridgehead atoms. The Hall–Kier alpha value is -11.7. The van der Waals surface area contributed by atoms with Gasteiger partial charge >= 0.3 is 0 Å². The van der Waals surface area contributed by atoms with Crippen molar-refractivity contribution in [1.29, 1.82) is 0 Å². The van der Waals surface area contributed by atoms with E-state index < -0.39 is 0 Å². The Bertz CT molecular complexity index is 5740. The van der Waals surface area contributed by atoms with E-state index in [2.05, 4.69) is 52.2 Å². The summed E-state index contributed by atoms with van der Waals surface area (Å²) in [5.41, 5.74) is 7.75. The van der Waals surface area contributed by atoms with Gasteiger partial charge in [-0.2, -0.15) is 0 Å². The molecule has 12 aromatic rings. The summed E-state index contributed by atoms with van der Waals surface area (Å²) in [5, 5.41) is 22.8. The number of aromatic nitrogens is 3. The Labute approximate surface area is 664 Å². The van der Waals surface area contributed by atoms with Crippen LogP contribution in [0.4, 0.5) is 0 Å². The quantitative estimate of drug-likeness (QED) is 0.0387. The fourth-order valence-corrected chi connectivity index (χ4v) is 16.6. The maximum Gasteiger partial charge on any atom is 0.255 e. The van der Waals surface area contributed by atoms with E-state index in [-0.39, 0.29) is 29.2 Å². The lowest BCUT2D eigenvalue weighted by Crippen LogP contribution is -2.27. The standard InChI is InChI=1S/C30H33N3O6.C30H31N3O5.C29H31N3O6/c1-18-28(29(34)31-2)20-6-5-19(13-24(20)38-18)39-23-7-10-32-22-15-26(25(35-3)14-21(22)23)37-12-11-33-16-27(36-4)30(17-33)8-9-30;1-18-16-33(17-30(18)8-9-30)11-12-36-27-15-23-22(14-26(27)35-4)24(7-10-32-23)38-20-5-6-21-25(13-20)37-19(2)28(21)29(34)31-3;1-17-27(28(34)30-2)19-5-4-18(12-23(19)37-17)38-22-6-9-31-21-14-25(24(35-3)13-20(21)22)36-11-10-32-15-26(33)29(16-32)7-8-29/h5-7,10,13-15,27H,8-9,11-12,16-17H2,1-4H3,(H,31,34);5-7,10,13-15H,1,8-9,11-12,16-17H2,2-4H3,(H,31,34);4-6,9,12-14,26,33H,7-8,10-11,15-16H2,1-3H3,(H,30,34). The maximum atomic E-state index is 12.3. The molecule has 26 heteroatoms. The minimum atomic E-state index is -0.226. The second kappa shape index (κ2) is 31.9. The Morgan fingerprint density at radius 3 is 1.14 bits per heavy atom. The first kappa shape index (κ1) is 77.3. The molecular formula is C89H95N9O17. The summed E-state index contributed by atoms with van der Waals surface area (Å²) in [5.74, 6) is 8.43. The van der Waals surface area contributed by atoms with Crippen LogP contribution in [0.25, 0.3) is 65.6 Å². The van der Waals surface area contributed by atoms with Crippen molar-refractivity contribution in [3.05, 3.63) is 174 Å². The molecule has 3 amide bonds. The molecule has 3 aliphatic carbocycles. The van der Waals surface area contributed by atoms with Gasteiger partial charge in [0, 0.05) is 191 Å². The summed E-state index contributed by atoms with van der Waals surface area (Å²) in [4.78, 5) is 57.5. The second-order valence-corrected chi connectivity index (χ2v) is 30.7. The highest BCUT2D eigenvalue weighted by molar-refractivity contribution is 6.09. The number of aliphatic hydroxyl groups excluding tert-OH is 1. The smallest absolute Gasteiger partial charge is 0.255 e. The van der Waals surface area contributed by atoms with E-state index in [0.29, 0.717) is 169 Å². The third-order valence-corrected chi connectivity index (χ3v) is 23.4. The molecule has 6 aliphatic rings. The number of hydrogen-bond donors (Lipinski definition) is 4. The topological polar surface area (TPSA) is 288 Å². The van der Waals surface area contributed by atoms with Gasteiger partial charge in [-0.3, -0.25) is 44.0 Å². The molecule has 0 radical (unpaired) electrons. The van der Waals surface area contributed by atoms with Crippen molar-refractivity contribution in [2.24, 2.45) is 16.2 Å². The lowest BCUT2D eigenvalue weighted by molar-refractivity contribution is 0.0693. The normalized spacial score (nSPS) is 17.6. The van der Waals surface area contributed by atoms with E-state index in [4.69, 9.17) is 60.6 Å². The monoisotopic (exact) mass is 1560 g/mol. The van der Waals surface area contributed by atoms with E-state index in [1.807, 2.05) is 92.0 Å². The average Bonchev–Trinajstić information content (AvgIpc) is 1.52. The number of carbonyl (C=O) groups is 3. The van der Waals surface area contributed by atoms with Gasteiger partial charge in [-0.15, -0.1) is 0 Å². The SMILES string of the molecule is C=C1CN(CCOc2cc3nccc(Oc4ccc5c(C(=O)NC)c(C)oc5c4)c3cc2OC)CC12CC2.CNC(=O)c1c(C)oc2cc(Oc3ccnc4cc(OCCN5CC(O)C6(CC6)C5)c(OC)cc34)ccc12.CNC(=O)c1c(C)oc2cc(Oc3ccnc4cc(OCCN5CC(OC)C6(CC6)C5)c(OC)cc34)ccc12. The van der Waals surface area contributed by atoms with Gasteiger partial charge in [0.1, 0.15) is 88.3 Å². The van der Waals surface area contributed by atoms with Crippen LogP contribution in [0.5, 0.6) is 69.0 Å². The Morgan fingerprint density at radius 2 is 0.817 bits per heavy atom. The first-order valence-corrected chi connectivity index (χ1v) is 38.9. The lowest BCUT2D eigenvalue weighted by atomic mass is 10.0. The number of nitrogens with zero attached hydrogens (tertiary/aromatic N) is 6. The Balaban J connectivity index is 0.000000130. The summed E-state index contributed by atoms with van der Waals surface area (Å²) in [6.45, 7) is 19.3. The van der Waals surface area contributed by atoms with Gasteiger partial charge in [0.05, 0.1) is 66.8 Å². The summed E-state index contributed by atoms with van der Waals surface area (Å²) in [7, 11) is 11.5. The number of amides is 3. The summed E-state index contributed by atoms with van der Waals surface area (Å²) in [6, 6.07) is 33.0. The summed E-state index contributed by atoms with van der Waals surface area (Å²) in [6.07, 6.45) is 12.5. The molecule has 115 heavy (non-hydrogen) atoms. The Morgan fingerprint density at radius 1 is 0.452 bits per heavy atom. The van der Waals surface area contributed by atoms with Gasteiger partial charge in [0.15, 0.2) is 34.5 Å². The van der Waals surface area contributed by atoms with E-state index in [1.165, 1.54) is 31.3 Å². The number of carbonyl (C=O) groups excluding carboxylic acids is 3. The van der Waals surface area contributed by atoms with Crippen LogP contribution in [0.1, 0.15) is 86.9 Å². The first-order chi connectivity index (χ1) is 55.7. The Kier molecular flexibility index (Phi) is 21.5. The molecule has 6 aromatic carbocycles. The number of benzene rings is 6. The van der Waals surface area contributed by atoms with Crippen LogP contribution in [0.3, 0.4) is 0 Å². The fourth-order valence-electron chi connectivity index (χ4n) is 16.6. The molecule has 18 rings (SSSR count). The highest BCUT2D eigenvalue weighted by Gasteiger charge is 2.56. The summed E-state index contributed by atoms with van der Waals surface area (Å²) < 4.78 is 77.3. The number of likely N-dealkylation sites (tertiary alicyclic amines) is 3. The van der Waals surface area contributed by atoms with Crippen molar-refractivity contribution >= 4 is 83.3 Å². The van der Waals surface area contributed by atoms with Crippen molar-refractivity contribution in [3.8, 4) is 69.0 Å². The van der Waals surface area contributed by atoms with Crippen molar-refractivity contribution in [2.75, 3.05) is 128 Å². The van der Waals surface area contributed by atoms with Crippen LogP contribution >= 0.6 is 0 Å². The molecule has 2 atom stereocenters. The molecule has 3 saturated carbocycles. The number of β-amino-alcohol motifs (C(OH)–C–C–N with tert-alkyl or cyclic N) is 1. The summed E-state index contributed by atoms with van der Waals surface area (Å²) >= 11 is 0. The number of methoxy groups -OCH3 is 4. The minimum absolute atomic E-state index is 0.133. The van der Waals surface area contributed by atoms with Gasteiger partial charge in [-0.05, 0) is 132 Å². The van der Waals surface area contributed by atoms with Crippen molar-refractivity contribution in [2.45, 2.75) is 71.5 Å². The minimum Gasteiger partial charge on any atom is -0.493 e. The van der Waals surface area contributed by atoms with Gasteiger partial charge < -0.3 is 81.7 Å². The van der Waals surface area contributed by atoms with Gasteiger partial charge in [0.25, 0.3) is 17.7 Å². The molecule has 3 aliphatic heterocycles. The highest BCUT2D eigenvalue weighted by Crippen LogP contribution is 2.56. The molecule has 4 N–H and O–H groups in total. The third kappa shape index (κ3) is 15.6. The number of pyridine rings is 3. The van der Waals surface area contributed by atoms with Crippen molar-refractivity contribution in [3.63, 3.8) is 0 Å². The highest BCUT2D eigenvalue weighted by atomic mass is 16.5. The van der Waals surface area contributed by atoms with Gasteiger partial charge in [-0.25, -0.2) is 0 Å². The number of rotatable bonds is 25. The molecule has 2 unspecified atom stereocenters. The predicted molar refractivity (Wildman–Crippen MR) is 435 cm³/mol. The maximum absolute atomic E-state index is 12.3. The van der Waals surface area contributed by atoms with Crippen LogP contribution in [0, 0.1) is 37.0 Å².